The Labute approximate surface area is 116 Å². The third kappa shape index (κ3) is 6.56. The molecule has 0 saturated heterocycles. The zero-order valence-corrected chi connectivity index (χ0v) is 12.6. The molecule has 0 aliphatic rings. The second-order valence-corrected chi connectivity index (χ2v) is 6.90. The molecule has 0 spiro atoms. The summed E-state index contributed by atoms with van der Waals surface area (Å²) in [6.45, 7) is 6.77. The highest BCUT2D eigenvalue weighted by Crippen LogP contribution is 2.29. The maximum atomic E-state index is 12.3. The standard InChI is InChI=1S/C11H19F3O5S/c1-5-18-9(15)8(6-7-10(2,3)4)19-20(16,17)11(12,13)14/h8H,5-7H2,1-4H3. The molecule has 0 fully saturated rings. The zero-order valence-electron chi connectivity index (χ0n) is 11.8. The van der Waals surface area contributed by atoms with E-state index in [1.807, 2.05) is 0 Å². The van der Waals surface area contributed by atoms with Gasteiger partial charge < -0.3 is 4.74 Å². The molecule has 0 amide bonds. The molecule has 0 saturated carbocycles. The van der Waals surface area contributed by atoms with Crippen LogP contribution in [0.5, 0.6) is 0 Å². The van der Waals surface area contributed by atoms with Crippen molar-refractivity contribution in [3.8, 4) is 0 Å². The average molecular weight is 320 g/mol. The molecule has 120 valence electrons. The quantitative estimate of drug-likeness (QED) is 0.427. The maximum Gasteiger partial charge on any atom is 0.523 e. The van der Waals surface area contributed by atoms with Gasteiger partial charge in [-0.3, -0.25) is 0 Å². The molecule has 0 aromatic heterocycles. The number of hydrogen-bond donors (Lipinski definition) is 0. The van der Waals surface area contributed by atoms with Gasteiger partial charge in [0.25, 0.3) is 0 Å². The number of ether oxygens (including phenoxy) is 1. The topological polar surface area (TPSA) is 69.7 Å². The monoisotopic (exact) mass is 320 g/mol. The number of alkyl halides is 3. The molecule has 0 bridgehead atoms. The van der Waals surface area contributed by atoms with Crippen molar-refractivity contribution in [1.82, 2.24) is 0 Å². The molecule has 0 aliphatic heterocycles. The third-order valence-electron chi connectivity index (χ3n) is 2.23. The Balaban J connectivity index is 5.01. The SMILES string of the molecule is CCOC(=O)C(CCC(C)(C)C)OS(=O)(=O)C(F)(F)F. The van der Waals surface area contributed by atoms with E-state index in [1.54, 1.807) is 20.8 Å². The van der Waals surface area contributed by atoms with Crippen molar-refractivity contribution in [2.24, 2.45) is 5.41 Å². The lowest BCUT2D eigenvalue weighted by Gasteiger charge is -2.22. The highest BCUT2D eigenvalue weighted by molar-refractivity contribution is 7.87. The summed E-state index contributed by atoms with van der Waals surface area (Å²) in [5.74, 6) is -1.12. The number of hydrogen-bond acceptors (Lipinski definition) is 5. The lowest BCUT2D eigenvalue weighted by atomic mass is 9.89. The lowest BCUT2D eigenvalue weighted by molar-refractivity contribution is -0.152. The maximum absolute atomic E-state index is 12.3. The molecule has 9 heteroatoms. The Hall–Kier alpha value is -0.830. The molecular weight excluding hydrogens is 301 g/mol. The van der Waals surface area contributed by atoms with Crippen molar-refractivity contribution in [1.29, 1.82) is 0 Å². The fraction of sp³-hybridized carbons (Fsp3) is 0.909. The minimum atomic E-state index is -5.83. The first-order valence-corrected chi connectivity index (χ1v) is 7.37. The molecule has 0 aromatic rings. The van der Waals surface area contributed by atoms with Crippen molar-refractivity contribution in [2.45, 2.75) is 52.1 Å². The van der Waals surface area contributed by atoms with Gasteiger partial charge in [-0.1, -0.05) is 20.8 Å². The van der Waals surface area contributed by atoms with Gasteiger partial charge in [-0.2, -0.15) is 21.6 Å². The van der Waals surface area contributed by atoms with Crippen LogP contribution in [-0.2, 0) is 23.8 Å². The minimum Gasteiger partial charge on any atom is -0.464 e. The van der Waals surface area contributed by atoms with Crippen LogP contribution in [0.25, 0.3) is 0 Å². The highest BCUT2D eigenvalue weighted by Gasteiger charge is 2.49. The number of rotatable bonds is 6. The lowest BCUT2D eigenvalue weighted by Crippen LogP contribution is -2.35. The smallest absolute Gasteiger partial charge is 0.464 e. The Morgan fingerprint density at radius 2 is 1.70 bits per heavy atom. The summed E-state index contributed by atoms with van der Waals surface area (Å²) in [7, 11) is -5.83. The zero-order chi connectivity index (χ0) is 16.2. The van der Waals surface area contributed by atoms with Crippen LogP contribution in [0, 0.1) is 5.41 Å². The third-order valence-corrected chi connectivity index (χ3v) is 3.28. The molecule has 0 aliphatic carbocycles. The van der Waals surface area contributed by atoms with E-state index in [4.69, 9.17) is 0 Å². The van der Waals surface area contributed by atoms with Gasteiger partial charge in [-0.05, 0) is 25.2 Å². The van der Waals surface area contributed by atoms with Crippen LogP contribution in [0.3, 0.4) is 0 Å². The summed E-state index contributed by atoms with van der Waals surface area (Å²) in [5.41, 5.74) is -5.87. The van der Waals surface area contributed by atoms with Gasteiger partial charge in [-0.15, -0.1) is 0 Å². The molecule has 0 aromatic carbocycles. The van der Waals surface area contributed by atoms with E-state index in [0.717, 1.165) is 0 Å². The molecule has 0 N–H and O–H groups in total. The van der Waals surface area contributed by atoms with E-state index < -0.39 is 27.7 Å². The van der Waals surface area contributed by atoms with Gasteiger partial charge in [0.15, 0.2) is 6.10 Å². The second-order valence-electron chi connectivity index (χ2n) is 5.34. The molecule has 0 radical (unpaired) electrons. The Bertz CT molecular complexity index is 422. The normalized spacial score (nSPS) is 14.9. The Morgan fingerprint density at radius 3 is 2.05 bits per heavy atom. The Kier molecular flexibility index (Phi) is 6.47. The fourth-order valence-electron chi connectivity index (χ4n) is 1.21. The number of carbonyl (C=O) groups is 1. The number of carbonyl (C=O) groups excluding carboxylic acids is 1. The van der Waals surface area contributed by atoms with Crippen LogP contribution in [0.1, 0.15) is 40.5 Å². The van der Waals surface area contributed by atoms with Gasteiger partial charge in [0.05, 0.1) is 6.61 Å². The molecule has 20 heavy (non-hydrogen) atoms. The summed E-state index contributed by atoms with van der Waals surface area (Å²) in [6, 6.07) is 0. The van der Waals surface area contributed by atoms with E-state index in [1.165, 1.54) is 6.92 Å². The molecule has 0 rings (SSSR count). The second kappa shape index (κ2) is 6.75. The molecular formula is C11H19F3O5S. The van der Waals surface area contributed by atoms with E-state index in [0.29, 0.717) is 6.42 Å². The van der Waals surface area contributed by atoms with Crippen LogP contribution in [0.2, 0.25) is 0 Å². The first-order chi connectivity index (χ1) is 8.80. The summed E-state index contributed by atoms with van der Waals surface area (Å²) < 4.78 is 67.2. The summed E-state index contributed by atoms with van der Waals surface area (Å²) in [6.07, 6.45) is -1.68. The molecule has 0 heterocycles. The first-order valence-electron chi connectivity index (χ1n) is 5.96. The average Bonchev–Trinajstić information content (AvgIpc) is 2.21. The van der Waals surface area contributed by atoms with Gasteiger partial charge in [0.1, 0.15) is 0 Å². The fourth-order valence-corrected chi connectivity index (χ4v) is 1.80. The van der Waals surface area contributed by atoms with Crippen molar-refractivity contribution in [3.05, 3.63) is 0 Å². The van der Waals surface area contributed by atoms with Crippen molar-refractivity contribution in [2.75, 3.05) is 6.61 Å². The van der Waals surface area contributed by atoms with E-state index in [-0.39, 0.29) is 18.4 Å². The van der Waals surface area contributed by atoms with Crippen LogP contribution >= 0.6 is 0 Å². The first kappa shape index (κ1) is 19.2. The summed E-state index contributed by atoms with van der Waals surface area (Å²) >= 11 is 0. The minimum absolute atomic E-state index is 0.0831. The Morgan fingerprint density at radius 1 is 1.20 bits per heavy atom. The molecule has 5 nitrogen and oxygen atoms in total. The van der Waals surface area contributed by atoms with Crippen molar-refractivity contribution in [3.63, 3.8) is 0 Å². The molecule has 1 unspecified atom stereocenters. The van der Waals surface area contributed by atoms with Crippen molar-refractivity contribution >= 4 is 16.1 Å². The largest absolute Gasteiger partial charge is 0.523 e. The number of esters is 1. The molecule has 1 atom stereocenters. The van der Waals surface area contributed by atoms with Crippen LogP contribution in [-0.4, -0.2) is 32.6 Å². The predicted molar refractivity (Wildman–Crippen MR) is 65.2 cm³/mol. The van der Waals surface area contributed by atoms with Gasteiger partial charge >= 0.3 is 21.6 Å². The predicted octanol–water partition coefficient (Wildman–Crippen LogP) is 2.61. The van der Waals surface area contributed by atoms with Gasteiger partial charge in [-0.25, -0.2) is 8.98 Å². The summed E-state index contributed by atoms with van der Waals surface area (Å²) in [4.78, 5) is 11.5. The van der Waals surface area contributed by atoms with Crippen LogP contribution in [0.15, 0.2) is 0 Å². The van der Waals surface area contributed by atoms with E-state index >= 15 is 0 Å². The van der Waals surface area contributed by atoms with Crippen LogP contribution < -0.4 is 0 Å². The van der Waals surface area contributed by atoms with Crippen LogP contribution in [0.4, 0.5) is 13.2 Å². The van der Waals surface area contributed by atoms with E-state index in [9.17, 15) is 26.4 Å². The highest BCUT2D eigenvalue weighted by atomic mass is 32.2. The van der Waals surface area contributed by atoms with E-state index in [2.05, 4.69) is 8.92 Å². The summed E-state index contributed by atoms with van der Waals surface area (Å²) in [5, 5.41) is 0. The van der Waals surface area contributed by atoms with Crippen molar-refractivity contribution < 1.29 is 35.3 Å². The van der Waals surface area contributed by atoms with Gasteiger partial charge in [0, 0.05) is 0 Å². The number of halogens is 3. The van der Waals surface area contributed by atoms with Gasteiger partial charge in [0.2, 0.25) is 0 Å².